The van der Waals surface area contributed by atoms with E-state index in [4.69, 9.17) is 9.47 Å². The number of carbonyl (C=O) groups excluding carboxylic acids is 1. The maximum Gasteiger partial charge on any atom is 0.246 e. The van der Waals surface area contributed by atoms with Crippen LogP contribution < -0.4 is 14.8 Å². The highest BCUT2D eigenvalue weighted by molar-refractivity contribution is 5.77. The summed E-state index contributed by atoms with van der Waals surface area (Å²) in [6, 6.07) is 7.27. The molecule has 0 aromatic heterocycles. The summed E-state index contributed by atoms with van der Waals surface area (Å²) in [4.78, 5) is 11.0. The molecule has 94 valence electrons. The number of nitrogens with one attached hydrogen (secondary N) is 1. The smallest absolute Gasteiger partial charge is 0.246 e. The van der Waals surface area contributed by atoms with Crippen molar-refractivity contribution in [2.45, 2.75) is 0 Å². The molecule has 0 aliphatic carbocycles. The third kappa shape index (κ3) is 5.21. The highest BCUT2D eigenvalue weighted by Gasteiger charge is 1.99. The molecule has 0 atom stereocenters. The average Bonchev–Trinajstić information content (AvgIpc) is 2.36. The highest BCUT2D eigenvalue weighted by atomic mass is 16.5. The largest absolute Gasteiger partial charge is 0.497 e. The molecule has 0 bridgehead atoms. The summed E-state index contributed by atoms with van der Waals surface area (Å²) in [7, 11) is 3.09. The molecule has 1 N–H and O–H groups in total. The van der Waals surface area contributed by atoms with Gasteiger partial charge in [0.05, 0.1) is 13.7 Å². The third-order valence-corrected chi connectivity index (χ3v) is 2.03. The number of ether oxygens (including phenoxy) is 3. The van der Waals surface area contributed by atoms with Crippen LogP contribution >= 0.6 is 0 Å². The summed E-state index contributed by atoms with van der Waals surface area (Å²) in [5, 5.41) is 2.66. The number of methoxy groups -OCH3 is 2. The van der Waals surface area contributed by atoms with Crippen LogP contribution in [0.15, 0.2) is 24.3 Å². The SMILES string of the molecule is COCC(=O)NCCOc1ccc(OC)cc1. The Labute approximate surface area is 101 Å². The van der Waals surface area contributed by atoms with Gasteiger partial charge >= 0.3 is 0 Å². The van der Waals surface area contributed by atoms with Gasteiger partial charge in [0, 0.05) is 7.11 Å². The number of rotatable bonds is 7. The second-order valence-electron chi connectivity index (χ2n) is 3.31. The summed E-state index contributed by atoms with van der Waals surface area (Å²) in [6.45, 7) is 0.943. The van der Waals surface area contributed by atoms with Crippen LogP contribution in [0.3, 0.4) is 0 Å². The van der Waals surface area contributed by atoms with Crippen molar-refractivity contribution in [2.24, 2.45) is 0 Å². The first-order chi connectivity index (χ1) is 8.26. The van der Waals surface area contributed by atoms with Crippen molar-refractivity contribution < 1.29 is 19.0 Å². The molecule has 5 heteroatoms. The van der Waals surface area contributed by atoms with Gasteiger partial charge in [0.2, 0.25) is 5.91 Å². The monoisotopic (exact) mass is 239 g/mol. The van der Waals surface area contributed by atoms with E-state index in [9.17, 15) is 4.79 Å². The van der Waals surface area contributed by atoms with Crippen LogP contribution in [0.25, 0.3) is 0 Å². The maximum absolute atomic E-state index is 11.0. The summed E-state index contributed by atoms with van der Waals surface area (Å²) in [5.41, 5.74) is 0. The number of benzene rings is 1. The van der Waals surface area contributed by atoms with Crippen LogP contribution in [0.5, 0.6) is 11.5 Å². The van der Waals surface area contributed by atoms with Gasteiger partial charge in [-0.25, -0.2) is 0 Å². The van der Waals surface area contributed by atoms with Crippen molar-refractivity contribution in [1.82, 2.24) is 5.32 Å². The molecule has 0 heterocycles. The van der Waals surface area contributed by atoms with Crippen LogP contribution in [0.4, 0.5) is 0 Å². The fraction of sp³-hybridized carbons (Fsp3) is 0.417. The van der Waals surface area contributed by atoms with E-state index in [1.165, 1.54) is 7.11 Å². The lowest BCUT2D eigenvalue weighted by atomic mass is 10.3. The van der Waals surface area contributed by atoms with E-state index in [1.807, 2.05) is 24.3 Å². The van der Waals surface area contributed by atoms with E-state index in [0.29, 0.717) is 13.2 Å². The molecule has 0 radical (unpaired) electrons. The Hall–Kier alpha value is -1.75. The fourth-order valence-corrected chi connectivity index (χ4v) is 1.21. The Morgan fingerprint density at radius 2 is 1.82 bits per heavy atom. The predicted octanol–water partition coefficient (Wildman–Crippen LogP) is 0.837. The molecule has 17 heavy (non-hydrogen) atoms. The number of amides is 1. The summed E-state index contributed by atoms with van der Waals surface area (Å²) >= 11 is 0. The molecule has 1 rings (SSSR count). The van der Waals surface area contributed by atoms with Crippen molar-refractivity contribution in [3.63, 3.8) is 0 Å². The van der Waals surface area contributed by atoms with Crippen LogP contribution in [0, 0.1) is 0 Å². The zero-order valence-corrected chi connectivity index (χ0v) is 10.1. The van der Waals surface area contributed by atoms with Crippen molar-refractivity contribution in [3.05, 3.63) is 24.3 Å². The Balaban J connectivity index is 2.19. The first-order valence-corrected chi connectivity index (χ1v) is 5.28. The van der Waals surface area contributed by atoms with Crippen LogP contribution in [0.1, 0.15) is 0 Å². The molecule has 0 saturated heterocycles. The van der Waals surface area contributed by atoms with Crippen molar-refractivity contribution >= 4 is 5.91 Å². The Bertz CT molecular complexity index is 337. The molecule has 0 unspecified atom stereocenters. The molecule has 0 aliphatic rings. The molecule has 0 aliphatic heterocycles. The Morgan fingerprint density at radius 1 is 1.18 bits per heavy atom. The van der Waals surface area contributed by atoms with Gasteiger partial charge in [-0.3, -0.25) is 4.79 Å². The topological polar surface area (TPSA) is 56.8 Å². The van der Waals surface area contributed by atoms with Gasteiger partial charge in [-0.2, -0.15) is 0 Å². The first-order valence-electron chi connectivity index (χ1n) is 5.28. The Morgan fingerprint density at radius 3 is 2.41 bits per heavy atom. The van der Waals surface area contributed by atoms with E-state index in [-0.39, 0.29) is 12.5 Å². The zero-order chi connectivity index (χ0) is 12.5. The third-order valence-electron chi connectivity index (χ3n) is 2.03. The lowest BCUT2D eigenvalue weighted by molar-refractivity contribution is -0.124. The second-order valence-corrected chi connectivity index (χ2v) is 3.31. The minimum atomic E-state index is -0.147. The van der Waals surface area contributed by atoms with E-state index < -0.39 is 0 Å². The summed E-state index contributed by atoms with van der Waals surface area (Å²) in [6.07, 6.45) is 0. The van der Waals surface area contributed by atoms with Gasteiger partial charge in [0.15, 0.2) is 0 Å². The quantitative estimate of drug-likeness (QED) is 0.716. The molecule has 1 amide bonds. The van der Waals surface area contributed by atoms with E-state index >= 15 is 0 Å². The molecule has 0 spiro atoms. The van der Waals surface area contributed by atoms with E-state index in [0.717, 1.165) is 11.5 Å². The fourth-order valence-electron chi connectivity index (χ4n) is 1.21. The van der Waals surface area contributed by atoms with Gasteiger partial charge in [-0.1, -0.05) is 0 Å². The molecule has 1 aromatic rings. The van der Waals surface area contributed by atoms with Crippen molar-refractivity contribution in [2.75, 3.05) is 34.0 Å². The van der Waals surface area contributed by atoms with Gasteiger partial charge < -0.3 is 19.5 Å². The maximum atomic E-state index is 11.0. The zero-order valence-electron chi connectivity index (χ0n) is 10.1. The summed E-state index contributed by atoms with van der Waals surface area (Å²) < 4.78 is 15.1. The van der Waals surface area contributed by atoms with Crippen molar-refractivity contribution in [1.29, 1.82) is 0 Å². The van der Waals surface area contributed by atoms with Crippen molar-refractivity contribution in [3.8, 4) is 11.5 Å². The lowest BCUT2D eigenvalue weighted by Crippen LogP contribution is -2.30. The number of hydrogen-bond donors (Lipinski definition) is 1. The van der Waals surface area contributed by atoms with Gasteiger partial charge in [-0.15, -0.1) is 0 Å². The standard InChI is InChI=1S/C12H17NO4/c1-15-9-12(14)13-7-8-17-11-5-3-10(16-2)4-6-11/h3-6H,7-9H2,1-2H3,(H,13,14). The minimum absolute atomic E-state index is 0.0720. The number of carbonyl (C=O) groups is 1. The van der Waals surface area contributed by atoms with Gasteiger partial charge in [0.25, 0.3) is 0 Å². The van der Waals surface area contributed by atoms with Crippen LogP contribution in [-0.2, 0) is 9.53 Å². The lowest BCUT2D eigenvalue weighted by Gasteiger charge is -2.08. The molecule has 0 fully saturated rings. The minimum Gasteiger partial charge on any atom is -0.497 e. The molecule has 5 nitrogen and oxygen atoms in total. The molecular formula is C12H17NO4. The average molecular weight is 239 g/mol. The Kier molecular flexibility index (Phi) is 5.88. The van der Waals surface area contributed by atoms with Crippen LogP contribution in [-0.4, -0.2) is 39.9 Å². The highest BCUT2D eigenvalue weighted by Crippen LogP contribution is 2.16. The van der Waals surface area contributed by atoms with E-state index in [2.05, 4.69) is 10.1 Å². The summed E-state index contributed by atoms with van der Waals surface area (Å²) in [5.74, 6) is 1.38. The van der Waals surface area contributed by atoms with Crippen LogP contribution in [0.2, 0.25) is 0 Å². The molecular weight excluding hydrogens is 222 g/mol. The van der Waals surface area contributed by atoms with Gasteiger partial charge in [0.1, 0.15) is 24.7 Å². The normalized spacial score (nSPS) is 9.76. The number of hydrogen-bond acceptors (Lipinski definition) is 4. The molecule has 1 aromatic carbocycles. The second kappa shape index (κ2) is 7.51. The molecule has 0 saturated carbocycles. The van der Waals surface area contributed by atoms with E-state index in [1.54, 1.807) is 7.11 Å². The predicted molar refractivity (Wildman–Crippen MR) is 63.4 cm³/mol. The van der Waals surface area contributed by atoms with Gasteiger partial charge in [-0.05, 0) is 24.3 Å². The first kappa shape index (κ1) is 13.3.